The Kier molecular flexibility index (Phi) is 15.2. The molecule has 0 radical (unpaired) electrons. The van der Waals surface area contributed by atoms with E-state index in [0.29, 0.717) is 65.5 Å². The maximum Gasteiger partial charge on any atom is 0.251 e. The molecule has 0 unspecified atom stereocenters. The van der Waals surface area contributed by atoms with Crippen molar-refractivity contribution in [1.82, 2.24) is 0 Å². The van der Waals surface area contributed by atoms with Crippen LogP contribution in [0.5, 0.6) is 0 Å². The Hall–Kier alpha value is -6.33. The van der Waals surface area contributed by atoms with Crippen molar-refractivity contribution >= 4 is 104 Å². The lowest BCUT2D eigenvalue weighted by atomic mass is 9.81. The third-order valence-electron chi connectivity index (χ3n) is 11.9. The van der Waals surface area contributed by atoms with Gasteiger partial charge in [-0.3, -0.25) is 44.7 Å². The SMILES string of the molecule is O=C1Nc2cccc(Cl)c2[C@]1(Cl)[C@H](C[N+](=O)[O-])c1ccccc1.O=C1Nc2cccc(Cl)c2[C@]1(Cl)[C@H](C[N+](=O)[O-])c1ccccc1.O=C1Nc2cccc(Cl)c2[C@]1(Cl)[C@H](C[N+](=O)[O-])c1ccccc1. The maximum atomic E-state index is 12.6. The van der Waals surface area contributed by atoms with E-state index in [1.807, 2.05) is 0 Å². The molecule has 3 N–H and O–H groups in total. The zero-order valence-electron chi connectivity index (χ0n) is 35.5. The molecule has 6 aromatic carbocycles. The first-order chi connectivity index (χ1) is 32.8. The number of nitrogens with zero attached hydrogens (tertiary/aromatic N) is 3. The van der Waals surface area contributed by atoms with E-state index in [2.05, 4.69) is 16.0 Å². The van der Waals surface area contributed by atoms with Crippen LogP contribution in [0.3, 0.4) is 0 Å². The van der Waals surface area contributed by atoms with E-state index in [9.17, 15) is 44.7 Å². The van der Waals surface area contributed by atoms with E-state index in [1.54, 1.807) is 146 Å². The average Bonchev–Trinajstić information content (AvgIpc) is 3.87. The van der Waals surface area contributed by atoms with Crippen LogP contribution in [0.25, 0.3) is 0 Å². The van der Waals surface area contributed by atoms with Crippen LogP contribution in [0.1, 0.15) is 51.1 Å². The molecule has 0 fully saturated rings. The van der Waals surface area contributed by atoms with Gasteiger partial charge in [-0.25, -0.2) is 0 Å². The van der Waals surface area contributed by atoms with E-state index in [0.717, 1.165) is 0 Å². The van der Waals surface area contributed by atoms with Crippen LogP contribution in [0, 0.1) is 30.3 Å². The van der Waals surface area contributed by atoms with E-state index in [-0.39, 0.29) is 0 Å². The lowest BCUT2D eigenvalue weighted by Crippen LogP contribution is -2.38. The van der Waals surface area contributed by atoms with Crippen LogP contribution in [-0.2, 0) is 29.0 Å². The van der Waals surface area contributed by atoms with Crippen molar-refractivity contribution in [2.75, 3.05) is 35.6 Å². The molecule has 354 valence electrons. The number of carbonyl (C=O) groups is 3. The second kappa shape index (κ2) is 20.7. The molecule has 0 saturated heterocycles. The molecular weight excluding hydrogens is 1020 g/mol. The highest BCUT2D eigenvalue weighted by Crippen LogP contribution is 2.55. The quantitative estimate of drug-likeness (QED) is 0.0602. The summed E-state index contributed by atoms with van der Waals surface area (Å²) in [5.74, 6) is -4.04. The first kappa shape index (κ1) is 50.5. The fraction of sp³-hybridized carbons (Fsp3) is 0.188. The van der Waals surface area contributed by atoms with Crippen molar-refractivity contribution in [2.45, 2.75) is 32.4 Å². The molecular formula is C48H36Cl6N6O9. The molecule has 69 heavy (non-hydrogen) atoms. The zero-order chi connectivity index (χ0) is 49.8. The number of alkyl halides is 3. The number of amides is 3. The number of nitrogens with one attached hydrogen (secondary N) is 3. The third-order valence-corrected chi connectivity index (χ3v) is 14.7. The summed E-state index contributed by atoms with van der Waals surface area (Å²) in [5, 5.41) is 42.4. The molecule has 9 rings (SSSR count). The topological polar surface area (TPSA) is 217 Å². The molecule has 15 nitrogen and oxygen atoms in total. The number of nitro groups is 3. The molecule has 6 aromatic rings. The van der Waals surface area contributed by atoms with Gasteiger partial charge >= 0.3 is 0 Å². The highest BCUT2D eigenvalue weighted by atomic mass is 35.5. The summed E-state index contributed by atoms with van der Waals surface area (Å²) in [4.78, 5) is 65.0. The fourth-order valence-electron chi connectivity index (χ4n) is 8.86. The summed E-state index contributed by atoms with van der Waals surface area (Å²) in [6, 6.07) is 41.2. The smallest absolute Gasteiger partial charge is 0.251 e. The summed E-state index contributed by atoms with van der Waals surface area (Å²) in [7, 11) is 0. The van der Waals surface area contributed by atoms with Gasteiger partial charge in [0.2, 0.25) is 19.6 Å². The highest BCUT2D eigenvalue weighted by molar-refractivity contribution is 6.44. The monoisotopic (exact) mass is 1050 g/mol. The lowest BCUT2D eigenvalue weighted by Gasteiger charge is -2.28. The van der Waals surface area contributed by atoms with E-state index in [1.165, 1.54) is 0 Å². The number of fused-ring (bicyclic) bond motifs is 3. The van der Waals surface area contributed by atoms with Crippen LogP contribution in [0.15, 0.2) is 146 Å². The minimum atomic E-state index is -1.62. The summed E-state index contributed by atoms with van der Waals surface area (Å²) >= 11 is 38.8. The van der Waals surface area contributed by atoms with Gasteiger partial charge in [-0.2, -0.15) is 0 Å². The van der Waals surface area contributed by atoms with Crippen LogP contribution < -0.4 is 16.0 Å². The third kappa shape index (κ3) is 9.80. The molecule has 0 spiro atoms. The lowest BCUT2D eigenvalue weighted by molar-refractivity contribution is -0.484. The molecule has 0 aromatic heterocycles. The van der Waals surface area contributed by atoms with Crippen LogP contribution in [0.4, 0.5) is 17.1 Å². The largest absolute Gasteiger partial charge is 0.324 e. The Morgan fingerprint density at radius 3 is 0.841 bits per heavy atom. The number of benzene rings is 6. The molecule has 0 aliphatic carbocycles. The van der Waals surface area contributed by atoms with Crippen molar-refractivity contribution < 1.29 is 29.2 Å². The van der Waals surface area contributed by atoms with Crippen molar-refractivity contribution in [1.29, 1.82) is 0 Å². The Morgan fingerprint density at radius 2 is 0.623 bits per heavy atom. The second-order valence-electron chi connectivity index (χ2n) is 15.9. The second-order valence-corrected chi connectivity index (χ2v) is 18.9. The first-order valence-corrected chi connectivity index (χ1v) is 23.0. The number of halogens is 6. The molecule has 6 atom stereocenters. The maximum absolute atomic E-state index is 12.6. The molecule has 0 bridgehead atoms. The Labute approximate surface area is 423 Å². The molecule has 0 saturated carbocycles. The standard InChI is InChI=1S/3C16H12Cl2N2O3/c3*17-12-7-4-8-13-14(12)16(18,15(21)19-13)11(9-20(22)23)10-5-2-1-3-6-10/h3*1-8,11H,9H2,(H,19,21)/t3*11-,16-/m111/s1. The van der Waals surface area contributed by atoms with Gasteiger partial charge in [0.1, 0.15) is 0 Å². The van der Waals surface area contributed by atoms with Crippen LogP contribution in [0.2, 0.25) is 15.1 Å². The Morgan fingerprint density at radius 1 is 0.391 bits per heavy atom. The van der Waals surface area contributed by atoms with Gasteiger partial charge in [-0.1, -0.05) is 144 Å². The van der Waals surface area contributed by atoms with Gasteiger partial charge in [0.25, 0.3) is 17.7 Å². The van der Waals surface area contributed by atoms with Crippen LogP contribution >= 0.6 is 69.6 Å². The van der Waals surface area contributed by atoms with Gasteiger partial charge in [0.15, 0.2) is 14.6 Å². The zero-order valence-corrected chi connectivity index (χ0v) is 40.0. The minimum Gasteiger partial charge on any atom is -0.324 e. The number of hydrogen-bond donors (Lipinski definition) is 3. The molecule has 3 aliphatic heterocycles. The Bertz CT molecular complexity index is 2660. The number of carbonyl (C=O) groups excluding carboxylic acids is 3. The van der Waals surface area contributed by atoms with Crippen molar-refractivity contribution in [3.8, 4) is 0 Å². The predicted octanol–water partition coefficient (Wildman–Crippen LogP) is 11.4. The van der Waals surface area contributed by atoms with E-state index in [4.69, 9.17) is 69.6 Å². The van der Waals surface area contributed by atoms with Crippen LogP contribution in [-0.4, -0.2) is 52.1 Å². The Balaban J connectivity index is 0.000000153. The van der Waals surface area contributed by atoms with Gasteiger partial charge in [-0.05, 0) is 53.1 Å². The van der Waals surface area contributed by atoms with E-state index >= 15 is 0 Å². The van der Waals surface area contributed by atoms with Gasteiger partial charge in [0.05, 0.1) is 17.8 Å². The summed E-state index contributed by atoms with van der Waals surface area (Å²) < 4.78 is 0. The normalized spacial score (nSPS) is 20.7. The summed E-state index contributed by atoms with van der Waals surface area (Å²) in [6.45, 7) is -1.44. The van der Waals surface area contributed by atoms with Crippen molar-refractivity contribution in [3.05, 3.63) is 224 Å². The summed E-state index contributed by atoms with van der Waals surface area (Å²) in [6.07, 6.45) is 0. The molecule has 21 heteroatoms. The number of hydrogen-bond acceptors (Lipinski definition) is 9. The van der Waals surface area contributed by atoms with Crippen molar-refractivity contribution in [2.24, 2.45) is 0 Å². The van der Waals surface area contributed by atoms with E-state index < -0.39 is 84.5 Å². The molecule has 3 amide bonds. The first-order valence-electron chi connectivity index (χ1n) is 20.7. The minimum absolute atomic E-state index is 0.306. The molecule has 3 aliphatic rings. The summed E-state index contributed by atoms with van der Waals surface area (Å²) in [5.41, 5.74) is 4.48. The van der Waals surface area contributed by atoms with Gasteiger partial charge in [0, 0.05) is 63.6 Å². The van der Waals surface area contributed by atoms with Gasteiger partial charge in [-0.15, -0.1) is 34.8 Å². The van der Waals surface area contributed by atoms with Gasteiger partial charge < -0.3 is 16.0 Å². The number of rotatable bonds is 12. The molecule has 3 heterocycles. The average molecular weight is 1050 g/mol. The highest BCUT2D eigenvalue weighted by Gasteiger charge is 2.57. The number of anilines is 3. The van der Waals surface area contributed by atoms with Crippen molar-refractivity contribution in [3.63, 3.8) is 0 Å². The fourth-order valence-corrected chi connectivity index (χ4v) is 11.3. The predicted molar refractivity (Wildman–Crippen MR) is 266 cm³/mol.